The number of carbonyl (C=O) groups excluding carboxylic acids is 1. The summed E-state index contributed by atoms with van der Waals surface area (Å²) in [5.74, 6) is 0.663. The minimum absolute atomic E-state index is 0.000899. The number of nitrogens with zero attached hydrogens (tertiary/aromatic N) is 4. The minimum atomic E-state index is -0.609. The van der Waals surface area contributed by atoms with Crippen molar-refractivity contribution in [3.63, 3.8) is 0 Å². The first kappa shape index (κ1) is 19.5. The highest BCUT2D eigenvalue weighted by Gasteiger charge is 2.22. The van der Waals surface area contributed by atoms with E-state index in [0.29, 0.717) is 22.9 Å². The molecular weight excluding hydrogens is 415 g/mol. The third-order valence-electron chi connectivity index (χ3n) is 4.91. The van der Waals surface area contributed by atoms with Crippen molar-refractivity contribution in [2.75, 3.05) is 29.2 Å². The molecule has 32 heavy (non-hydrogen) atoms. The van der Waals surface area contributed by atoms with Gasteiger partial charge >= 0.3 is 0 Å². The van der Waals surface area contributed by atoms with Gasteiger partial charge in [-0.3, -0.25) is 4.79 Å². The van der Waals surface area contributed by atoms with Crippen LogP contribution >= 0.6 is 0 Å². The normalized spacial score (nSPS) is 12.8. The molecule has 3 heterocycles. The van der Waals surface area contributed by atoms with E-state index in [-0.39, 0.29) is 24.3 Å². The van der Waals surface area contributed by atoms with Crippen LogP contribution in [-0.2, 0) is 4.79 Å². The molecule has 0 saturated carbocycles. The Labute approximate surface area is 181 Å². The SMILES string of the molecule is CN1C(=O)COc2cc(Nc3nc(Nc4ccc(-c5cnco5)cc4)ncc3F)ccc21. The molecule has 4 aromatic rings. The fourth-order valence-corrected chi connectivity index (χ4v) is 3.21. The number of fused-ring (bicyclic) bond motifs is 1. The highest BCUT2D eigenvalue weighted by molar-refractivity contribution is 5.97. The third kappa shape index (κ3) is 3.81. The number of rotatable bonds is 5. The number of ether oxygens (including phenoxy) is 1. The number of anilines is 5. The summed E-state index contributed by atoms with van der Waals surface area (Å²) in [6.07, 6.45) is 4.09. The fourth-order valence-electron chi connectivity index (χ4n) is 3.21. The van der Waals surface area contributed by atoms with E-state index in [1.165, 1.54) is 11.3 Å². The Kier molecular flexibility index (Phi) is 4.86. The molecule has 1 aliphatic heterocycles. The summed E-state index contributed by atoms with van der Waals surface area (Å²) in [5.41, 5.74) is 2.80. The number of benzene rings is 2. The largest absolute Gasteiger partial charge is 0.481 e. The summed E-state index contributed by atoms with van der Waals surface area (Å²) < 4.78 is 25.1. The van der Waals surface area contributed by atoms with Crippen LogP contribution in [0, 0.1) is 5.82 Å². The van der Waals surface area contributed by atoms with Crippen LogP contribution < -0.4 is 20.3 Å². The summed E-state index contributed by atoms with van der Waals surface area (Å²) in [4.78, 5) is 25.4. The van der Waals surface area contributed by atoms with Crippen LogP contribution in [0.2, 0.25) is 0 Å². The van der Waals surface area contributed by atoms with Crippen LogP contribution in [0.3, 0.4) is 0 Å². The third-order valence-corrected chi connectivity index (χ3v) is 4.91. The van der Waals surface area contributed by atoms with E-state index in [2.05, 4.69) is 25.6 Å². The molecule has 160 valence electrons. The zero-order valence-electron chi connectivity index (χ0n) is 16.9. The highest BCUT2D eigenvalue weighted by atomic mass is 19.1. The molecule has 2 aromatic carbocycles. The van der Waals surface area contributed by atoms with Gasteiger partial charge in [0.1, 0.15) is 5.75 Å². The van der Waals surface area contributed by atoms with Crippen molar-refractivity contribution >= 4 is 34.7 Å². The lowest BCUT2D eigenvalue weighted by atomic mass is 10.2. The maximum Gasteiger partial charge on any atom is 0.264 e. The summed E-state index contributed by atoms with van der Waals surface area (Å²) in [6.45, 7) is -0.0435. The molecule has 0 fully saturated rings. The van der Waals surface area contributed by atoms with Gasteiger partial charge in [0.05, 0.1) is 18.1 Å². The van der Waals surface area contributed by atoms with Gasteiger partial charge in [0.2, 0.25) is 5.95 Å². The van der Waals surface area contributed by atoms with Crippen LogP contribution in [0.15, 0.2) is 65.7 Å². The Morgan fingerprint density at radius 2 is 1.88 bits per heavy atom. The van der Waals surface area contributed by atoms with Gasteiger partial charge < -0.3 is 24.7 Å². The first-order chi connectivity index (χ1) is 15.6. The Hall–Kier alpha value is -4.47. The van der Waals surface area contributed by atoms with Crippen molar-refractivity contribution in [1.29, 1.82) is 0 Å². The Bertz CT molecular complexity index is 1280. The first-order valence-corrected chi connectivity index (χ1v) is 9.66. The van der Waals surface area contributed by atoms with Crippen molar-refractivity contribution in [1.82, 2.24) is 15.0 Å². The average molecular weight is 432 g/mol. The number of oxazole rings is 1. The van der Waals surface area contributed by atoms with Crippen LogP contribution in [0.25, 0.3) is 11.3 Å². The smallest absolute Gasteiger partial charge is 0.264 e. The Morgan fingerprint density at radius 3 is 2.66 bits per heavy atom. The molecule has 1 aliphatic rings. The quantitative estimate of drug-likeness (QED) is 0.485. The summed E-state index contributed by atoms with van der Waals surface area (Å²) >= 11 is 0. The molecule has 0 spiro atoms. The molecule has 0 saturated heterocycles. The average Bonchev–Trinajstić information content (AvgIpc) is 3.34. The lowest BCUT2D eigenvalue weighted by Crippen LogP contribution is -2.35. The molecule has 0 unspecified atom stereocenters. The zero-order valence-corrected chi connectivity index (χ0v) is 16.9. The number of hydrogen-bond donors (Lipinski definition) is 2. The van der Waals surface area contributed by atoms with Gasteiger partial charge in [0.15, 0.2) is 30.4 Å². The second-order valence-electron chi connectivity index (χ2n) is 7.01. The zero-order chi connectivity index (χ0) is 22.1. The Balaban J connectivity index is 1.34. The number of nitrogens with one attached hydrogen (secondary N) is 2. The van der Waals surface area contributed by atoms with Crippen molar-refractivity contribution in [3.8, 4) is 17.1 Å². The van der Waals surface area contributed by atoms with Gasteiger partial charge in [-0.25, -0.2) is 14.4 Å². The fraction of sp³-hybridized carbons (Fsp3) is 0.0909. The van der Waals surface area contributed by atoms with Gasteiger partial charge in [0.25, 0.3) is 5.91 Å². The summed E-state index contributed by atoms with van der Waals surface area (Å²) in [6, 6.07) is 12.5. The lowest BCUT2D eigenvalue weighted by molar-refractivity contribution is -0.120. The minimum Gasteiger partial charge on any atom is -0.481 e. The molecule has 2 aromatic heterocycles. The van der Waals surface area contributed by atoms with Gasteiger partial charge in [-0.15, -0.1) is 0 Å². The molecule has 2 N–H and O–H groups in total. The van der Waals surface area contributed by atoms with E-state index in [0.717, 1.165) is 17.4 Å². The molecule has 9 nitrogen and oxygen atoms in total. The van der Waals surface area contributed by atoms with Gasteiger partial charge in [-0.05, 0) is 36.4 Å². The van der Waals surface area contributed by atoms with E-state index in [9.17, 15) is 9.18 Å². The summed E-state index contributed by atoms with van der Waals surface area (Å²) in [7, 11) is 1.68. The topological polar surface area (TPSA) is 105 Å². The molecule has 0 atom stereocenters. The summed E-state index contributed by atoms with van der Waals surface area (Å²) in [5, 5.41) is 5.98. The van der Waals surface area contributed by atoms with Crippen molar-refractivity contribution in [2.24, 2.45) is 0 Å². The maximum atomic E-state index is 14.3. The van der Waals surface area contributed by atoms with E-state index in [1.54, 1.807) is 31.4 Å². The van der Waals surface area contributed by atoms with Gasteiger partial charge in [-0.2, -0.15) is 4.98 Å². The number of halogens is 1. The predicted octanol–water partition coefficient (Wildman–Crippen LogP) is 4.11. The number of aromatic nitrogens is 3. The highest BCUT2D eigenvalue weighted by Crippen LogP contribution is 2.34. The van der Waals surface area contributed by atoms with E-state index < -0.39 is 5.82 Å². The predicted molar refractivity (Wildman–Crippen MR) is 116 cm³/mol. The van der Waals surface area contributed by atoms with Crippen LogP contribution in [0.1, 0.15) is 0 Å². The van der Waals surface area contributed by atoms with Gasteiger partial charge in [0, 0.05) is 30.1 Å². The molecule has 10 heteroatoms. The monoisotopic (exact) mass is 432 g/mol. The van der Waals surface area contributed by atoms with Crippen LogP contribution in [-0.4, -0.2) is 34.5 Å². The molecule has 0 aliphatic carbocycles. The van der Waals surface area contributed by atoms with Gasteiger partial charge in [-0.1, -0.05) is 0 Å². The second kappa shape index (κ2) is 7.99. The van der Waals surface area contributed by atoms with Crippen LogP contribution in [0.5, 0.6) is 5.75 Å². The van der Waals surface area contributed by atoms with Crippen LogP contribution in [0.4, 0.5) is 33.2 Å². The lowest BCUT2D eigenvalue weighted by Gasteiger charge is -2.26. The molecule has 5 rings (SSSR count). The molecular formula is C22H17FN6O3. The molecule has 0 bridgehead atoms. The number of amides is 1. The number of carbonyl (C=O) groups is 1. The Morgan fingerprint density at radius 1 is 1.06 bits per heavy atom. The van der Waals surface area contributed by atoms with E-state index in [1.807, 2.05) is 24.3 Å². The first-order valence-electron chi connectivity index (χ1n) is 9.66. The van der Waals surface area contributed by atoms with Crippen molar-refractivity contribution in [2.45, 2.75) is 0 Å². The maximum absolute atomic E-state index is 14.3. The van der Waals surface area contributed by atoms with Crippen molar-refractivity contribution in [3.05, 3.63) is 67.1 Å². The number of likely N-dealkylation sites (N-methyl/N-ethyl adjacent to an activating group) is 1. The standard InChI is InChI=1S/C22H17FN6O3/c1-29-17-7-6-15(8-18(17)31-11-20(29)30)26-21-16(23)9-25-22(28-21)27-14-4-2-13(3-5-14)19-10-24-12-32-19/h2-10,12H,11H2,1H3,(H2,25,26,27,28). The molecule has 0 radical (unpaired) electrons. The van der Waals surface area contributed by atoms with E-state index in [4.69, 9.17) is 9.15 Å². The van der Waals surface area contributed by atoms with E-state index >= 15 is 0 Å². The second-order valence-corrected chi connectivity index (χ2v) is 7.01. The molecule has 1 amide bonds. The van der Waals surface area contributed by atoms with Crippen molar-refractivity contribution < 1.29 is 18.3 Å². The number of hydrogen-bond acceptors (Lipinski definition) is 8.